The normalized spacial score (nSPS) is 19.0. The van der Waals surface area contributed by atoms with Crippen LogP contribution in [0, 0.1) is 0 Å². The van der Waals surface area contributed by atoms with Gasteiger partial charge in [-0.2, -0.15) is 0 Å². The fraction of sp³-hybridized carbons (Fsp3) is 0.182. The molecule has 0 saturated heterocycles. The van der Waals surface area contributed by atoms with Crippen LogP contribution in [0.25, 0.3) is 0 Å². The van der Waals surface area contributed by atoms with Gasteiger partial charge in [0.15, 0.2) is 0 Å². The van der Waals surface area contributed by atoms with Gasteiger partial charge in [0.1, 0.15) is 5.75 Å². The number of fused-ring (bicyclic) bond motifs is 1. The molecule has 0 saturated carbocycles. The summed E-state index contributed by atoms with van der Waals surface area (Å²) < 4.78 is 6.41. The van der Waals surface area contributed by atoms with Gasteiger partial charge in [0.2, 0.25) is 0 Å². The minimum Gasteiger partial charge on any atom is -0.497 e. The van der Waals surface area contributed by atoms with E-state index in [4.69, 9.17) is 4.74 Å². The van der Waals surface area contributed by atoms with Gasteiger partial charge in [0.05, 0.1) is 13.2 Å². The molecule has 0 fully saturated rings. The molecule has 3 aromatic rings. The molecule has 2 atom stereocenters. The highest BCUT2D eigenvalue weighted by Crippen LogP contribution is 2.43. The standard InChI is InChI=1S/C22H20BrNO/c1-25-18-12-8-16(9-13-18)22-14-20(15-6-10-17(23)11-7-15)19-4-2-3-5-21(19)24-22/h2-13,20,22,24H,14H2,1H3/t20-,22+/m0/s1. The van der Waals surface area contributed by atoms with E-state index in [9.17, 15) is 0 Å². The fourth-order valence-electron chi connectivity index (χ4n) is 3.61. The summed E-state index contributed by atoms with van der Waals surface area (Å²) in [5.41, 5.74) is 5.24. The predicted molar refractivity (Wildman–Crippen MR) is 106 cm³/mol. The largest absolute Gasteiger partial charge is 0.497 e. The summed E-state index contributed by atoms with van der Waals surface area (Å²) >= 11 is 3.54. The minimum absolute atomic E-state index is 0.287. The third kappa shape index (κ3) is 3.29. The zero-order valence-corrected chi connectivity index (χ0v) is 15.7. The van der Waals surface area contributed by atoms with E-state index in [0.29, 0.717) is 5.92 Å². The fourth-order valence-corrected chi connectivity index (χ4v) is 3.87. The number of halogens is 1. The quantitative estimate of drug-likeness (QED) is 0.576. The molecule has 0 unspecified atom stereocenters. The Balaban J connectivity index is 1.71. The van der Waals surface area contributed by atoms with E-state index in [0.717, 1.165) is 16.6 Å². The summed E-state index contributed by atoms with van der Waals surface area (Å²) in [5.74, 6) is 1.28. The van der Waals surface area contributed by atoms with Gasteiger partial charge in [-0.05, 0) is 53.4 Å². The Kier molecular flexibility index (Phi) is 4.50. The van der Waals surface area contributed by atoms with Gasteiger partial charge in [-0.3, -0.25) is 0 Å². The Hall–Kier alpha value is -2.26. The van der Waals surface area contributed by atoms with Crippen LogP contribution < -0.4 is 10.1 Å². The van der Waals surface area contributed by atoms with E-state index in [1.807, 2.05) is 12.1 Å². The number of hydrogen-bond donors (Lipinski definition) is 1. The lowest BCUT2D eigenvalue weighted by atomic mass is 9.80. The highest BCUT2D eigenvalue weighted by molar-refractivity contribution is 9.10. The maximum absolute atomic E-state index is 5.29. The lowest BCUT2D eigenvalue weighted by molar-refractivity contribution is 0.414. The van der Waals surface area contributed by atoms with E-state index in [1.54, 1.807) is 7.11 Å². The van der Waals surface area contributed by atoms with Crippen molar-refractivity contribution in [3.8, 4) is 5.75 Å². The Morgan fingerprint density at radius 1 is 0.880 bits per heavy atom. The summed E-state index contributed by atoms with van der Waals surface area (Å²) in [5, 5.41) is 3.71. The number of ether oxygens (including phenoxy) is 1. The van der Waals surface area contributed by atoms with Crippen LogP contribution >= 0.6 is 15.9 Å². The zero-order chi connectivity index (χ0) is 17.2. The van der Waals surface area contributed by atoms with Gasteiger partial charge in [-0.25, -0.2) is 0 Å². The summed E-state index contributed by atoms with van der Waals surface area (Å²) in [6, 6.07) is 26.0. The first-order valence-corrected chi connectivity index (χ1v) is 9.29. The second-order valence-corrected chi connectivity index (χ2v) is 7.31. The first-order valence-electron chi connectivity index (χ1n) is 8.49. The van der Waals surface area contributed by atoms with Crippen molar-refractivity contribution in [2.75, 3.05) is 12.4 Å². The van der Waals surface area contributed by atoms with Crippen molar-refractivity contribution in [3.63, 3.8) is 0 Å². The predicted octanol–water partition coefficient (Wildman–Crippen LogP) is 6.15. The van der Waals surface area contributed by atoms with Gasteiger partial charge < -0.3 is 10.1 Å². The van der Waals surface area contributed by atoms with Crippen LogP contribution in [-0.2, 0) is 0 Å². The molecular weight excluding hydrogens is 374 g/mol. The smallest absolute Gasteiger partial charge is 0.118 e. The van der Waals surface area contributed by atoms with Crippen molar-refractivity contribution >= 4 is 21.6 Å². The molecule has 1 aliphatic rings. The second-order valence-electron chi connectivity index (χ2n) is 6.40. The number of para-hydroxylation sites is 1. The molecule has 1 aliphatic heterocycles. The van der Waals surface area contributed by atoms with E-state index >= 15 is 0 Å². The van der Waals surface area contributed by atoms with Gasteiger partial charge in [-0.15, -0.1) is 0 Å². The van der Waals surface area contributed by atoms with Crippen LogP contribution in [0.3, 0.4) is 0 Å². The summed E-state index contributed by atoms with van der Waals surface area (Å²) in [7, 11) is 1.70. The summed E-state index contributed by atoms with van der Waals surface area (Å²) in [6.45, 7) is 0. The molecule has 0 aromatic heterocycles. The maximum atomic E-state index is 5.29. The van der Waals surface area contributed by atoms with Crippen molar-refractivity contribution in [2.45, 2.75) is 18.4 Å². The minimum atomic E-state index is 0.287. The first kappa shape index (κ1) is 16.2. The molecule has 25 heavy (non-hydrogen) atoms. The summed E-state index contributed by atoms with van der Waals surface area (Å²) in [6.07, 6.45) is 1.03. The molecule has 2 nitrogen and oxygen atoms in total. The zero-order valence-electron chi connectivity index (χ0n) is 14.1. The van der Waals surface area contributed by atoms with E-state index in [-0.39, 0.29) is 6.04 Å². The highest BCUT2D eigenvalue weighted by atomic mass is 79.9. The molecular formula is C22H20BrNO. The molecule has 0 amide bonds. The van der Waals surface area contributed by atoms with E-state index < -0.39 is 0 Å². The van der Waals surface area contributed by atoms with E-state index in [2.05, 4.69) is 81.9 Å². The van der Waals surface area contributed by atoms with Crippen LogP contribution in [-0.4, -0.2) is 7.11 Å². The average molecular weight is 394 g/mol. The van der Waals surface area contributed by atoms with Crippen molar-refractivity contribution in [1.29, 1.82) is 0 Å². The number of methoxy groups -OCH3 is 1. The lowest BCUT2D eigenvalue weighted by Crippen LogP contribution is -2.22. The van der Waals surface area contributed by atoms with Crippen molar-refractivity contribution in [1.82, 2.24) is 0 Å². The maximum Gasteiger partial charge on any atom is 0.118 e. The van der Waals surface area contributed by atoms with Crippen LogP contribution in [0.5, 0.6) is 5.75 Å². The number of hydrogen-bond acceptors (Lipinski definition) is 2. The Bertz CT molecular complexity index is 858. The Morgan fingerprint density at radius 3 is 2.28 bits per heavy atom. The second kappa shape index (κ2) is 6.93. The van der Waals surface area contributed by atoms with E-state index in [1.165, 1.54) is 22.4 Å². The third-order valence-electron chi connectivity index (χ3n) is 4.93. The number of rotatable bonds is 3. The molecule has 1 heterocycles. The van der Waals surface area contributed by atoms with Gasteiger partial charge in [0, 0.05) is 16.1 Å². The molecule has 126 valence electrons. The van der Waals surface area contributed by atoms with Crippen LogP contribution in [0.2, 0.25) is 0 Å². The van der Waals surface area contributed by atoms with Crippen molar-refractivity contribution < 1.29 is 4.74 Å². The molecule has 3 heteroatoms. The van der Waals surface area contributed by atoms with Crippen LogP contribution in [0.4, 0.5) is 5.69 Å². The number of nitrogens with one attached hydrogen (secondary N) is 1. The molecule has 0 spiro atoms. The molecule has 0 bridgehead atoms. The molecule has 1 N–H and O–H groups in total. The number of benzene rings is 3. The van der Waals surface area contributed by atoms with Crippen molar-refractivity contribution in [3.05, 3.63) is 94.0 Å². The van der Waals surface area contributed by atoms with Crippen molar-refractivity contribution in [2.24, 2.45) is 0 Å². The van der Waals surface area contributed by atoms with Crippen LogP contribution in [0.15, 0.2) is 77.3 Å². The monoisotopic (exact) mass is 393 g/mol. The average Bonchev–Trinajstić information content (AvgIpc) is 2.68. The highest BCUT2D eigenvalue weighted by Gasteiger charge is 2.28. The van der Waals surface area contributed by atoms with Gasteiger partial charge in [0.25, 0.3) is 0 Å². The Labute approximate surface area is 157 Å². The lowest BCUT2D eigenvalue weighted by Gasteiger charge is -2.34. The molecule has 3 aromatic carbocycles. The van der Waals surface area contributed by atoms with Gasteiger partial charge >= 0.3 is 0 Å². The van der Waals surface area contributed by atoms with Gasteiger partial charge in [-0.1, -0.05) is 58.4 Å². The van der Waals surface area contributed by atoms with Crippen LogP contribution in [0.1, 0.15) is 35.1 Å². The number of anilines is 1. The molecule has 4 rings (SSSR count). The SMILES string of the molecule is COc1ccc([C@H]2C[C@@H](c3ccc(Br)cc3)c3ccccc3N2)cc1. The Morgan fingerprint density at radius 2 is 1.56 bits per heavy atom. The first-order chi connectivity index (χ1) is 12.2. The molecule has 0 radical (unpaired) electrons. The summed E-state index contributed by atoms with van der Waals surface area (Å²) in [4.78, 5) is 0. The topological polar surface area (TPSA) is 21.3 Å². The third-order valence-corrected chi connectivity index (χ3v) is 5.46. The molecule has 0 aliphatic carbocycles.